The zero-order valence-corrected chi connectivity index (χ0v) is 12.0. The average Bonchev–Trinajstić information content (AvgIpc) is 2.99. The van der Waals surface area contributed by atoms with Crippen LogP contribution in [-0.4, -0.2) is 21.9 Å². The zero-order chi connectivity index (χ0) is 14.8. The van der Waals surface area contributed by atoms with Crippen LogP contribution in [0.25, 0.3) is 10.9 Å². The summed E-state index contributed by atoms with van der Waals surface area (Å²) < 4.78 is 5.35. The SMILES string of the molecule is C[C@H](c1nc2ccccc2c(=O)[nH]1)N(C)Cc1ccco1. The third kappa shape index (κ3) is 2.73. The summed E-state index contributed by atoms with van der Waals surface area (Å²) in [7, 11) is 1.97. The molecule has 0 aliphatic heterocycles. The Morgan fingerprint density at radius 3 is 2.86 bits per heavy atom. The molecule has 0 bridgehead atoms. The molecule has 2 aromatic heterocycles. The Balaban J connectivity index is 1.90. The van der Waals surface area contributed by atoms with Gasteiger partial charge in [0, 0.05) is 0 Å². The third-order valence-electron chi connectivity index (χ3n) is 3.67. The summed E-state index contributed by atoms with van der Waals surface area (Å²) in [6.07, 6.45) is 1.66. The fourth-order valence-electron chi connectivity index (χ4n) is 2.30. The molecule has 0 radical (unpaired) electrons. The van der Waals surface area contributed by atoms with E-state index in [1.54, 1.807) is 12.3 Å². The fourth-order valence-corrected chi connectivity index (χ4v) is 2.30. The van der Waals surface area contributed by atoms with Gasteiger partial charge in [-0.1, -0.05) is 12.1 Å². The van der Waals surface area contributed by atoms with E-state index in [2.05, 4.69) is 14.9 Å². The van der Waals surface area contributed by atoms with E-state index in [0.717, 1.165) is 11.3 Å². The van der Waals surface area contributed by atoms with Crippen molar-refractivity contribution in [3.8, 4) is 0 Å². The molecule has 0 spiro atoms. The van der Waals surface area contributed by atoms with E-state index < -0.39 is 0 Å². The first-order valence-corrected chi connectivity index (χ1v) is 6.87. The predicted molar refractivity (Wildman–Crippen MR) is 81.0 cm³/mol. The van der Waals surface area contributed by atoms with Crippen molar-refractivity contribution >= 4 is 10.9 Å². The number of nitrogens with one attached hydrogen (secondary N) is 1. The second kappa shape index (κ2) is 5.54. The quantitative estimate of drug-likeness (QED) is 0.799. The van der Waals surface area contributed by atoms with Crippen LogP contribution in [0.3, 0.4) is 0 Å². The lowest BCUT2D eigenvalue weighted by Crippen LogP contribution is -2.25. The first-order valence-electron chi connectivity index (χ1n) is 6.87. The number of fused-ring (bicyclic) bond motifs is 1. The number of H-pyrrole nitrogens is 1. The largest absolute Gasteiger partial charge is 0.468 e. The number of aromatic amines is 1. The topological polar surface area (TPSA) is 62.1 Å². The second-order valence-corrected chi connectivity index (χ2v) is 5.14. The van der Waals surface area contributed by atoms with E-state index in [9.17, 15) is 4.79 Å². The van der Waals surface area contributed by atoms with E-state index in [4.69, 9.17) is 4.42 Å². The minimum absolute atomic E-state index is 0.0209. The van der Waals surface area contributed by atoms with Crippen molar-refractivity contribution < 1.29 is 4.42 Å². The highest BCUT2D eigenvalue weighted by atomic mass is 16.3. The van der Waals surface area contributed by atoms with Crippen LogP contribution in [0, 0.1) is 0 Å². The van der Waals surface area contributed by atoms with Gasteiger partial charge in [0.25, 0.3) is 5.56 Å². The monoisotopic (exact) mass is 283 g/mol. The van der Waals surface area contributed by atoms with Gasteiger partial charge in [-0.05, 0) is 38.2 Å². The molecule has 1 N–H and O–H groups in total. The molecule has 2 heterocycles. The summed E-state index contributed by atoms with van der Waals surface area (Å²) in [6, 6.07) is 11.1. The number of nitrogens with zero attached hydrogens (tertiary/aromatic N) is 2. The molecule has 3 aromatic rings. The molecule has 0 aliphatic rings. The summed E-state index contributed by atoms with van der Waals surface area (Å²) in [5, 5.41) is 0.613. The smallest absolute Gasteiger partial charge is 0.258 e. The summed E-state index contributed by atoms with van der Waals surface area (Å²) in [5.41, 5.74) is 0.614. The van der Waals surface area contributed by atoms with E-state index in [0.29, 0.717) is 17.8 Å². The Labute approximate surface area is 122 Å². The van der Waals surface area contributed by atoms with Crippen molar-refractivity contribution in [3.63, 3.8) is 0 Å². The summed E-state index contributed by atoms with van der Waals surface area (Å²) in [4.78, 5) is 21.6. The maximum atomic E-state index is 12.1. The molecule has 108 valence electrons. The minimum atomic E-state index is -0.103. The second-order valence-electron chi connectivity index (χ2n) is 5.14. The van der Waals surface area contributed by atoms with Gasteiger partial charge in [0.15, 0.2) is 0 Å². The van der Waals surface area contributed by atoms with Crippen LogP contribution in [0.1, 0.15) is 24.6 Å². The van der Waals surface area contributed by atoms with Gasteiger partial charge in [-0.3, -0.25) is 9.69 Å². The van der Waals surface area contributed by atoms with Crippen LogP contribution in [0.4, 0.5) is 0 Å². The highest BCUT2D eigenvalue weighted by molar-refractivity contribution is 5.77. The Morgan fingerprint density at radius 1 is 1.29 bits per heavy atom. The molecular formula is C16H17N3O2. The number of rotatable bonds is 4. The summed E-state index contributed by atoms with van der Waals surface area (Å²) in [5.74, 6) is 1.54. The van der Waals surface area contributed by atoms with Crippen LogP contribution in [-0.2, 0) is 6.54 Å². The molecule has 0 saturated carbocycles. The number of hydrogen-bond donors (Lipinski definition) is 1. The van der Waals surface area contributed by atoms with Gasteiger partial charge < -0.3 is 9.40 Å². The lowest BCUT2D eigenvalue weighted by atomic mass is 10.2. The summed E-state index contributed by atoms with van der Waals surface area (Å²) in [6.45, 7) is 2.67. The van der Waals surface area contributed by atoms with Crippen molar-refractivity contribution in [3.05, 3.63) is 64.6 Å². The first kappa shape index (κ1) is 13.6. The maximum absolute atomic E-state index is 12.1. The van der Waals surface area contributed by atoms with Gasteiger partial charge in [-0.15, -0.1) is 0 Å². The molecule has 0 fully saturated rings. The fraction of sp³-hybridized carbons (Fsp3) is 0.250. The maximum Gasteiger partial charge on any atom is 0.258 e. The summed E-state index contributed by atoms with van der Waals surface area (Å²) >= 11 is 0. The zero-order valence-electron chi connectivity index (χ0n) is 12.0. The van der Waals surface area contributed by atoms with E-state index in [-0.39, 0.29) is 11.6 Å². The number of para-hydroxylation sites is 1. The Hall–Kier alpha value is -2.40. The van der Waals surface area contributed by atoms with Crippen molar-refractivity contribution in [2.45, 2.75) is 19.5 Å². The molecule has 3 rings (SSSR count). The van der Waals surface area contributed by atoms with Crippen LogP contribution >= 0.6 is 0 Å². The molecule has 0 saturated heterocycles. The van der Waals surface area contributed by atoms with Crippen LogP contribution < -0.4 is 5.56 Å². The van der Waals surface area contributed by atoms with E-state index in [1.165, 1.54) is 0 Å². The molecule has 5 heteroatoms. The van der Waals surface area contributed by atoms with Crippen LogP contribution in [0.5, 0.6) is 0 Å². The highest BCUT2D eigenvalue weighted by Gasteiger charge is 2.16. The van der Waals surface area contributed by atoms with Gasteiger partial charge in [0.05, 0.1) is 29.8 Å². The number of aromatic nitrogens is 2. The first-order chi connectivity index (χ1) is 10.1. The Bertz CT molecular complexity index is 793. The van der Waals surface area contributed by atoms with Gasteiger partial charge in [0.1, 0.15) is 11.6 Å². The molecular weight excluding hydrogens is 266 g/mol. The van der Waals surface area contributed by atoms with Gasteiger partial charge >= 0.3 is 0 Å². The highest BCUT2D eigenvalue weighted by Crippen LogP contribution is 2.18. The lowest BCUT2D eigenvalue weighted by molar-refractivity contribution is 0.224. The normalized spacial score (nSPS) is 12.9. The molecule has 21 heavy (non-hydrogen) atoms. The van der Waals surface area contributed by atoms with Crippen LogP contribution in [0.15, 0.2) is 51.9 Å². The van der Waals surface area contributed by atoms with E-state index in [1.807, 2.05) is 44.3 Å². The Morgan fingerprint density at radius 2 is 2.10 bits per heavy atom. The van der Waals surface area contributed by atoms with Crippen molar-refractivity contribution in [2.24, 2.45) is 0 Å². The Kier molecular flexibility index (Phi) is 3.58. The molecule has 5 nitrogen and oxygen atoms in total. The molecule has 0 aliphatic carbocycles. The average molecular weight is 283 g/mol. The van der Waals surface area contributed by atoms with Crippen LogP contribution in [0.2, 0.25) is 0 Å². The van der Waals surface area contributed by atoms with Gasteiger partial charge in [-0.25, -0.2) is 4.98 Å². The van der Waals surface area contributed by atoms with Gasteiger partial charge in [0.2, 0.25) is 0 Å². The minimum Gasteiger partial charge on any atom is -0.468 e. The molecule has 1 atom stereocenters. The van der Waals surface area contributed by atoms with Crippen molar-refractivity contribution in [1.82, 2.24) is 14.9 Å². The number of hydrogen-bond acceptors (Lipinski definition) is 4. The lowest BCUT2D eigenvalue weighted by Gasteiger charge is -2.22. The predicted octanol–water partition coefficient (Wildman–Crippen LogP) is 2.71. The van der Waals surface area contributed by atoms with Crippen molar-refractivity contribution in [1.29, 1.82) is 0 Å². The number of benzene rings is 1. The molecule has 1 aromatic carbocycles. The number of furan rings is 1. The van der Waals surface area contributed by atoms with Gasteiger partial charge in [-0.2, -0.15) is 0 Å². The standard InChI is InChI=1S/C16H17N3O2/c1-11(19(2)10-12-6-5-9-21-12)15-17-14-8-4-3-7-13(14)16(20)18-15/h3-9,11H,10H2,1-2H3,(H,17,18,20)/t11-/m1/s1. The van der Waals surface area contributed by atoms with Crippen molar-refractivity contribution in [2.75, 3.05) is 7.05 Å². The molecule has 0 amide bonds. The van der Waals surface area contributed by atoms with E-state index >= 15 is 0 Å². The molecule has 0 unspecified atom stereocenters. The third-order valence-corrected chi connectivity index (χ3v) is 3.67.